The Labute approximate surface area is 187 Å². The zero-order valence-electron chi connectivity index (χ0n) is 18.2. The SMILES string of the molecule is CCC(c1nnnn1CS(=O)(=O)c1ccc(C)cc1)N1CCN(c2ccc(F)cc2)CC1. The normalized spacial score (nSPS) is 16.3. The van der Waals surface area contributed by atoms with Gasteiger partial charge in [0.25, 0.3) is 0 Å². The van der Waals surface area contributed by atoms with Gasteiger partial charge in [0.1, 0.15) is 5.82 Å². The first-order valence-electron chi connectivity index (χ1n) is 10.7. The lowest BCUT2D eigenvalue weighted by molar-refractivity contribution is 0.170. The number of nitrogens with zero attached hydrogens (tertiary/aromatic N) is 6. The number of hydrogen-bond acceptors (Lipinski definition) is 7. The molecule has 10 heteroatoms. The van der Waals surface area contributed by atoms with Crippen molar-refractivity contribution in [1.29, 1.82) is 0 Å². The molecule has 1 fully saturated rings. The second kappa shape index (κ2) is 9.33. The number of piperazine rings is 1. The van der Waals surface area contributed by atoms with Gasteiger partial charge >= 0.3 is 0 Å². The zero-order valence-corrected chi connectivity index (χ0v) is 19.0. The highest BCUT2D eigenvalue weighted by Gasteiger charge is 2.29. The predicted octanol–water partition coefficient (Wildman–Crippen LogP) is 2.83. The molecular weight excluding hydrogens is 431 g/mol. The van der Waals surface area contributed by atoms with Crippen LogP contribution >= 0.6 is 0 Å². The molecule has 2 aromatic carbocycles. The maximum absolute atomic E-state index is 13.2. The van der Waals surface area contributed by atoms with Crippen LogP contribution in [0.4, 0.5) is 10.1 Å². The summed E-state index contributed by atoms with van der Waals surface area (Å²) in [6.45, 7) is 7.07. The molecule has 1 aliphatic rings. The van der Waals surface area contributed by atoms with Crippen molar-refractivity contribution in [1.82, 2.24) is 25.1 Å². The molecule has 1 atom stereocenters. The molecule has 0 spiro atoms. The topological polar surface area (TPSA) is 84.2 Å². The zero-order chi connectivity index (χ0) is 22.7. The molecule has 1 aromatic heterocycles. The Kier molecular flexibility index (Phi) is 6.52. The van der Waals surface area contributed by atoms with Gasteiger partial charge in [-0.25, -0.2) is 17.5 Å². The Bertz CT molecular complexity index is 1140. The summed E-state index contributed by atoms with van der Waals surface area (Å²) in [7, 11) is -3.58. The lowest BCUT2D eigenvalue weighted by Crippen LogP contribution is -2.48. The minimum absolute atomic E-state index is 0.0893. The van der Waals surface area contributed by atoms with Crippen LogP contribution in [-0.4, -0.2) is 59.7 Å². The molecule has 32 heavy (non-hydrogen) atoms. The number of aryl methyl sites for hydroxylation is 1. The molecule has 170 valence electrons. The van der Waals surface area contributed by atoms with Crippen LogP contribution < -0.4 is 4.90 Å². The molecule has 0 aliphatic carbocycles. The first-order valence-corrected chi connectivity index (χ1v) is 12.3. The summed E-state index contributed by atoms with van der Waals surface area (Å²) in [5.74, 6) is 0.00836. The first-order chi connectivity index (χ1) is 15.4. The highest BCUT2D eigenvalue weighted by molar-refractivity contribution is 7.90. The molecule has 0 N–H and O–H groups in total. The number of aromatic nitrogens is 4. The second-order valence-electron chi connectivity index (χ2n) is 8.02. The van der Waals surface area contributed by atoms with Gasteiger partial charge in [0.2, 0.25) is 0 Å². The van der Waals surface area contributed by atoms with Gasteiger partial charge in [-0.15, -0.1) is 5.10 Å². The third kappa shape index (κ3) is 4.81. The van der Waals surface area contributed by atoms with E-state index in [1.807, 2.05) is 13.8 Å². The summed E-state index contributed by atoms with van der Waals surface area (Å²) in [5.41, 5.74) is 1.99. The molecular formula is C22H27FN6O2S. The Balaban J connectivity index is 1.47. The van der Waals surface area contributed by atoms with Crippen LogP contribution in [0.5, 0.6) is 0 Å². The van der Waals surface area contributed by atoms with Crippen molar-refractivity contribution in [3.05, 3.63) is 65.7 Å². The van der Waals surface area contributed by atoms with E-state index in [-0.39, 0.29) is 22.6 Å². The Morgan fingerprint density at radius 3 is 2.28 bits per heavy atom. The summed E-state index contributed by atoms with van der Waals surface area (Å²) in [6.07, 6.45) is 0.751. The van der Waals surface area contributed by atoms with Crippen molar-refractivity contribution in [2.75, 3.05) is 31.1 Å². The first kappa shape index (κ1) is 22.3. The van der Waals surface area contributed by atoms with E-state index in [9.17, 15) is 12.8 Å². The molecule has 0 amide bonds. The van der Waals surface area contributed by atoms with E-state index in [1.54, 1.807) is 36.4 Å². The summed E-state index contributed by atoms with van der Waals surface area (Å²) in [4.78, 5) is 4.75. The lowest BCUT2D eigenvalue weighted by Gasteiger charge is -2.39. The highest BCUT2D eigenvalue weighted by atomic mass is 32.2. The fraction of sp³-hybridized carbons (Fsp3) is 0.409. The number of benzene rings is 2. The van der Waals surface area contributed by atoms with Crippen molar-refractivity contribution >= 4 is 15.5 Å². The van der Waals surface area contributed by atoms with Crippen LogP contribution in [0.25, 0.3) is 0 Å². The van der Waals surface area contributed by atoms with Crippen molar-refractivity contribution in [2.45, 2.75) is 37.1 Å². The quantitative estimate of drug-likeness (QED) is 0.538. The monoisotopic (exact) mass is 458 g/mol. The maximum atomic E-state index is 13.2. The molecule has 3 aromatic rings. The molecule has 1 saturated heterocycles. The largest absolute Gasteiger partial charge is 0.369 e. The van der Waals surface area contributed by atoms with E-state index in [4.69, 9.17) is 0 Å². The van der Waals surface area contributed by atoms with Gasteiger partial charge in [0.15, 0.2) is 21.5 Å². The summed E-state index contributed by atoms with van der Waals surface area (Å²) < 4.78 is 40.4. The van der Waals surface area contributed by atoms with Crippen LogP contribution in [-0.2, 0) is 15.7 Å². The van der Waals surface area contributed by atoms with Crippen molar-refractivity contribution in [2.24, 2.45) is 0 Å². The van der Waals surface area contributed by atoms with Crippen LogP contribution in [0.1, 0.15) is 30.8 Å². The van der Waals surface area contributed by atoms with Crippen molar-refractivity contribution < 1.29 is 12.8 Å². The fourth-order valence-electron chi connectivity index (χ4n) is 4.07. The van der Waals surface area contributed by atoms with Gasteiger partial charge in [0, 0.05) is 31.9 Å². The number of sulfone groups is 1. The molecule has 1 unspecified atom stereocenters. The molecule has 0 saturated carbocycles. The smallest absolute Gasteiger partial charge is 0.198 e. The fourth-order valence-corrected chi connectivity index (χ4v) is 5.28. The number of anilines is 1. The van der Waals surface area contributed by atoms with Gasteiger partial charge in [-0.05, 0) is 60.2 Å². The minimum Gasteiger partial charge on any atom is -0.369 e. The summed E-state index contributed by atoms with van der Waals surface area (Å²) in [6, 6.07) is 13.2. The van der Waals surface area contributed by atoms with Crippen molar-refractivity contribution in [3.63, 3.8) is 0 Å². The van der Waals surface area contributed by atoms with E-state index in [0.29, 0.717) is 5.82 Å². The molecule has 1 aliphatic heterocycles. The van der Waals surface area contributed by atoms with E-state index < -0.39 is 9.84 Å². The van der Waals surface area contributed by atoms with E-state index in [2.05, 4.69) is 25.3 Å². The van der Waals surface area contributed by atoms with Gasteiger partial charge in [0.05, 0.1) is 10.9 Å². The van der Waals surface area contributed by atoms with E-state index in [1.165, 1.54) is 16.8 Å². The Morgan fingerprint density at radius 1 is 1.00 bits per heavy atom. The van der Waals surface area contributed by atoms with Gasteiger partial charge < -0.3 is 4.90 Å². The second-order valence-corrected chi connectivity index (χ2v) is 9.98. The van der Waals surface area contributed by atoms with Crippen molar-refractivity contribution in [3.8, 4) is 0 Å². The maximum Gasteiger partial charge on any atom is 0.198 e. The third-order valence-electron chi connectivity index (χ3n) is 5.86. The molecule has 4 rings (SSSR count). The summed E-state index contributed by atoms with van der Waals surface area (Å²) >= 11 is 0. The molecule has 0 radical (unpaired) electrons. The Hall–Kier alpha value is -2.85. The minimum atomic E-state index is -3.58. The van der Waals surface area contributed by atoms with Gasteiger partial charge in [-0.2, -0.15) is 0 Å². The highest BCUT2D eigenvalue weighted by Crippen LogP contribution is 2.26. The van der Waals surface area contributed by atoms with E-state index >= 15 is 0 Å². The Morgan fingerprint density at radius 2 is 1.66 bits per heavy atom. The van der Waals surface area contributed by atoms with Crippen LogP contribution in [0, 0.1) is 12.7 Å². The van der Waals surface area contributed by atoms with Crippen LogP contribution in [0.15, 0.2) is 53.4 Å². The molecule has 2 heterocycles. The van der Waals surface area contributed by atoms with Crippen LogP contribution in [0.3, 0.4) is 0 Å². The molecule has 0 bridgehead atoms. The average molecular weight is 459 g/mol. The van der Waals surface area contributed by atoms with Crippen LogP contribution in [0.2, 0.25) is 0 Å². The summed E-state index contributed by atoms with van der Waals surface area (Å²) in [5, 5.41) is 11.9. The molecule has 8 nitrogen and oxygen atoms in total. The predicted molar refractivity (Wildman–Crippen MR) is 119 cm³/mol. The lowest BCUT2D eigenvalue weighted by atomic mass is 10.1. The number of tetrazole rings is 1. The average Bonchev–Trinajstić information content (AvgIpc) is 3.23. The van der Waals surface area contributed by atoms with Gasteiger partial charge in [-0.1, -0.05) is 24.6 Å². The number of hydrogen-bond donors (Lipinski definition) is 0. The number of halogens is 1. The third-order valence-corrected chi connectivity index (χ3v) is 7.44. The van der Waals surface area contributed by atoms with Gasteiger partial charge in [-0.3, -0.25) is 4.90 Å². The number of rotatable bonds is 7. The standard InChI is InChI=1S/C22H27FN6O2S/c1-3-21(28-14-12-27(13-15-28)19-8-6-18(23)7-9-19)22-24-25-26-29(22)16-32(30,31)20-10-4-17(2)5-11-20/h4-11,21H,3,12-16H2,1-2H3. The van der Waals surface area contributed by atoms with E-state index in [0.717, 1.165) is 43.9 Å².